The second kappa shape index (κ2) is 9.83. The molecule has 1 rings (SSSR count). The second-order valence-electron chi connectivity index (χ2n) is 2.05. The number of nitrogens with two attached hydrogens (primary N) is 1. The first kappa shape index (κ1) is 18.5. The van der Waals surface area contributed by atoms with Crippen molar-refractivity contribution in [1.82, 2.24) is 0 Å². The second-order valence-corrected chi connectivity index (χ2v) is 2.05. The molecule has 4 heteroatoms. The van der Waals surface area contributed by atoms with Crippen LogP contribution in [0.3, 0.4) is 0 Å². The molecule has 0 aliphatic heterocycles. The maximum Gasteiger partial charge on any atom is 2.00 e. The molecule has 64 valence electrons. The van der Waals surface area contributed by atoms with Crippen LogP contribution >= 0.6 is 0 Å². The molecule has 0 saturated heterocycles. The normalized spacial score (nSPS) is 7.08. The standard InChI is InChI=1S/C8H11N.2BrH.Mg/c1-2-7-5-3-4-6-8(7)9;;;/h3-6H,2,9H2,1H3;2*1H;/q;;;+2/p-2. The third kappa shape index (κ3) is 5.40. The van der Waals surface area contributed by atoms with Gasteiger partial charge in [0.2, 0.25) is 0 Å². The van der Waals surface area contributed by atoms with E-state index in [1.165, 1.54) is 5.56 Å². The summed E-state index contributed by atoms with van der Waals surface area (Å²) in [4.78, 5) is 0. The fraction of sp³-hybridized carbons (Fsp3) is 0.250. The Morgan fingerprint density at radius 2 is 1.67 bits per heavy atom. The molecule has 2 N–H and O–H groups in total. The first-order chi connectivity index (χ1) is 4.34. The van der Waals surface area contributed by atoms with Gasteiger partial charge in [-0.05, 0) is 18.1 Å². The Balaban J connectivity index is -0.000000270. The minimum absolute atomic E-state index is 0. The number of halogens is 2. The number of benzene rings is 1. The molecule has 0 bridgehead atoms. The molecule has 0 saturated carbocycles. The molecule has 0 fully saturated rings. The van der Waals surface area contributed by atoms with Crippen LogP contribution in [-0.2, 0) is 6.42 Å². The monoisotopic (exact) mass is 303 g/mol. The minimum Gasteiger partial charge on any atom is -1.00 e. The summed E-state index contributed by atoms with van der Waals surface area (Å²) in [6, 6.07) is 7.94. The summed E-state index contributed by atoms with van der Waals surface area (Å²) in [5.74, 6) is 0. The zero-order chi connectivity index (χ0) is 6.69. The number of para-hydroxylation sites is 1. The number of nitrogen functional groups attached to an aromatic ring is 1. The van der Waals surface area contributed by atoms with Gasteiger partial charge in [0.25, 0.3) is 0 Å². The average molecular weight is 305 g/mol. The van der Waals surface area contributed by atoms with Crippen molar-refractivity contribution < 1.29 is 34.0 Å². The van der Waals surface area contributed by atoms with Crippen molar-refractivity contribution >= 4 is 28.7 Å². The first-order valence-corrected chi connectivity index (χ1v) is 3.18. The van der Waals surface area contributed by atoms with Gasteiger partial charge in [-0.15, -0.1) is 0 Å². The number of rotatable bonds is 1. The van der Waals surface area contributed by atoms with Gasteiger partial charge in [0.15, 0.2) is 0 Å². The van der Waals surface area contributed by atoms with Crippen molar-refractivity contribution in [3.63, 3.8) is 0 Å². The molecule has 0 aromatic heterocycles. The van der Waals surface area contributed by atoms with E-state index in [1.807, 2.05) is 18.2 Å². The summed E-state index contributed by atoms with van der Waals surface area (Å²) in [5.41, 5.74) is 7.77. The Morgan fingerprint density at radius 1 is 1.17 bits per heavy atom. The van der Waals surface area contributed by atoms with E-state index >= 15 is 0 Å². The molecule has 0 heterocycles. The molecule has 0 radical (unpaired) electrons. The van der Waals surface area contributed by atoms with Gasteiger partial charge in [0, 0.05) is 5.69 Å². The van der Waals surface area contributed by atoms with Gasteiger partial charge in [-0.1, -0.05) is 25.1 Å². The summed E-state index contributed by atoms with van der Waals surface area (Å²) in [6.07, 6.45) is 1.02. The Kier molecular flexibility index (Phi) is 15.2. The van der Waals surface area contributed by atoms with Crippen molar-refractivity contribution in [2.75, 3.05) is 5.73 Å². The first-order valence-electron chi connectivity index (χ1n) is 3.18. The Bertz CT molecular complexity index is 206. The fourth-order valence-corrected chi connectivity index (χ4v) is 0.856. The summed E-state index contributed by atoms with van der Waals surface area (Å²) in [5, 5.41) is 0. The van der Waals surface area contributed by atoms with Gasteiger partial charge < -0.3 is 39.7 Å². The summed E-state index contributed by atoms with van der Waals surface area (Å²) >= 11 is 0. The molecule has 12 heavy (non-hydrogen) atoms. The summed E-state index contributed by atoms with van der Waals surface area (Å²) < 4.78 is 0. The Morgan fingerprint density at radius 3 is 2.00 bits per heavy atom. The van der Waals surface area contributed by atoms with Crippen LogP contribution in [0.15, 0.2) is 24.3 Å². The number of aryl methyl sites for hydroxylation is 1. The van der Waals surface area contributed by atoms with Crippen LogP contribution in [0.1, 0.15) is 12.5 Å². The van der Waals surface area contributed by atoms with E-state index in [0.717, 1.165) is 12.1 Å². The van der Waals surface area contributed by atoms with Crippen molar-refractivity contribution in [1.29, 1.82) is 0 Å². The maximum atomic E-state index is 5.63. The Hall–Kier alpha value is 0.746. The topological polar surface area (TPSA) is 26.0 Å². The van der Waals surface area contributed by atoms with E-state index in [0.29, 0.717) is 0 Å². The molecule has 1 aromatic rings. The number of hydrogen-bond acceptors (Lipinski definition) is 1. The summed E-state index contributed by atoms with van der Waals surface area (Å²) in [7, 11) is 0. The van der Waals surface area contributed by atoms with Gasteiger partial charge >= 0.3 is 23.1 Å². The van der Waals surface area contributed by atoms with E-state index in [9.17, 15) is 0 Å². The van der Waals surface area contributed by atoms with Crippen LogP contribution in [0.2, 0.25) is 0 Å². The quantitative estimate of drug-likeness (QED) is 0.411. The van der Waals surface area contributed by atoms with Crippen LogP contribution in [0.25, 0.3) is 0 Å². The number of anilines is 1. The zero-order valence-corrected chi connectivity index (χ0v) is 11.6. The molecule has 0 amide bonds. The summed E-state index contributed by atoms with van der Waals surface area (Å²) in [6.45, 7) is 2.10. The fourth-order valence-electron chi connectivity index (χ4n) is 0.856. The molecule has 0 aliphatic carbocycles. The van der Waals surface area contributed by atoms with E-state index in [1.54, 1.807) is 0 Å². The molecular formula is C8H11Br2MgN. The van der Waals surface area contributed by atoms with Crippen molar-refractivity contribution in [3.8, 4) is 0 Å². The minimum atomic E-state index is 0. The van der Waals surface area contributed by atoms with E-state index < -0.39 is 0 Å². The van der Waals surface area contributed by atoms with Crippen LogP contribution < -0.4 is 39.7 Å². The molecule has 0 unspecified atom stereocenters. The van der Waals surface area contributed by atoms with Gasteiger partial charge in [-0.25, -0.2) is 0 Å². The van der Waals surface area contributed by atoms with Crippen LogP contribution in [0.5, 0.6) is 0 Å². The van der Waals surface area contributed by atoms with Gasteiger partial charge in [-0.2, -0.15) is 0 Å². The van der Waals surface area contributed by atoms with Crippen molar-refractivity contribution in [2.24, 2.45) is 0 Å². The molecule has 0 atom stereocenters. The molecule has 1 aromatic carbocycles. The average Bonchev–Trinajstić information content (AvgIpc) is 1.89. The van der Waals surface area contributed by atoms with Crippen molar-refractivity contribution in [3.05, 3.63) is 29.8 Å². The van der Waals surface area contributed by atoms with Gasteiger partial charge in [0.05, 0.1) is 0 Å². The van der Waals surface area contributed by atoms with E-state index in [2.05, 4.69) is 13.0 Å². The van der Waals surface area contributed by atoms with Gasteiger partial charge in [-0.3, -0.25) is 0 Å². The van der Waals surface area contributed by atoms with Crippen molar-refractivity contribution in [2.45, 2.75) is 13.3 Å². The SMILES string of the molecule is CCc1ccccc1N.[Br-].[Br-].[Mg+2]. The predicted molar refractivity (Wildman–Crippen MR) is 46.0 cm³/mol. The maximum absolute atomic E-state index is 5.63. The third-order valence-corrected chi connectivity index (χ3v) is 1.44. The largest absolute Gasteiger partial charge is 2.00 e. The smallest absolute Gasteiger partial charge is 1.00 e. The van der Waals surface area contributed by atoms with Crippen LogP contribution in [-0.4, -0.2) is 23.1 Å². The van der Waals surface area contributed by atoms with E-state index in [-0.39, 0.29) is 57.0 Å². The third-order valence-electron chi connectivity index (χ3n) is 1.44. The zero-order valence-electron chi connectivity index (χ0n) is 7.06. The number of hydrogen-bond donors (Lipinski definition) is 1. The van der Waals surface area contributed by atoms with E-state index in [4.69, 9.17) is 5.73 Å². The molecule has 0 aliphatic rings. The molecule has 0 spiro atoms. The Labute approximate surface area is 111 Å². The predicted octanol–water partition coefficient (Wildman–Crippen LogP) is -4.54. The molecular weight excluding hydrogens is 294 g/mol. The molecule has 1 nitrogen and oxygen atoms in total. The van der Waals surface area contributed by atoms with Crippen LogP contribution in [0, 0.1) is 0 Å². The van der Waals surface area contributed by atoms with Crippen LogP contribution in [0.4, 0.5) is 5.69 Å². The van der Waals surface area contributed by atoms with Gasteiger partial charge in [0.1, 0.15) is 0 Å².